The average Bonchev–Trinajstić information content (AvgIpc) is 3.12. The van der Waals surface area contributed by atoms with Crippen LogP contribution in [-0.4, -0.2) is 23.8 Å². The van der Waals surface area contributed by atoms with Crippen molar-refractivity contribution >= 4 is 29.3 Å². The van der Waals surface area contributed by atoms with Crippen molar-refractivity contribution in [1.29, 1.82) is 0 Å². The molecule has 10 heteroatoms. The number of nitro benzene ring substituents is 1. The molecule has 4 rings (SSSR count). The highest BCUT2D eigenvalue weighted by Crippen LogP contribution is 2.39. The van der Waals surface area contributed by atoms with Gasteiger partial charge in [0, 0.05) is 6.07 Å². The number of para-hydroxylation sites is 1. The first-order chi connectivity index (χ1) is 16.4. The Morgan fingerprint density at radius 1 is 1.09 bits per heavy atom. The van der Waals surface area contributed by atoms with Gasteiger partial charge in [0.2, 0.25) is 5.75 Å². The van der Waals surface area contributed by atoms with Gasteiger partial charge >= 0.3 is 5.69 Å². The predicted octanol–water partition coefficient (Wildman–Crippen LogP) is 3.78. The molecule has 0 bridgehead atoms. The van der Waals surface area contributed by atoms with Gasteiger partial charge in [-0.25, -0.2) is 9.40 Å². The lowest BCUT2D eigenvalue weighted by Crippen LogP contribution is -2.35. The van der Waals surface area contributed by atoms with E-state index in [1.807, 2.05) is 0 Å². The standard InChI is InChI=1S/C24H18FN3O6/c1-33-21-13-16(11-19-23(29)26-27(24(19)30)18-5-3-2-4-6-18)12-20(28(31)32)22(21)34-14-15-7-9-17(25)10-8-15/h2-13H,14H2,1H3,(H,26,29)/b19-11-. The van der Waals surface area contributed by atoms with E-state index < -0.39 is 28.2 Å². The summed E-state index contributed by atoms with van der Waals surface area (Å²) in [6.07, 6.45) is 1.25. The number of benzene rings is 3. The molecule has 1 aliphatic heterocycles. The summed E-state index contributed by atoms with van der Waals surface area (Å²) in [5, 5.41) is 12.8. The minimum Gasteiger partial charge on any atom is -0.493 e. The quantitative estimate of drug-likeness (QED) is 0.247. The van der Waals surface area contributed by atoms with Crippen LogP contribution in [0.5, 0.6) is 11.5 Å². The fourth-order valence-corrected chi connectivity index (χ4v) is 3.34. The molecular weight excluding hydrogens is 445 g/mol. The van der Waals surface area contributed by atoms with Crippen molar-refractivity contribution in [2.75, 3.05) is 12.1 Å². The van der Waals surface area contributed by atoms with Gasteiger partial charge in [0.15, 0.2) is 5.75 Å². The van der Waals surface area contributed by atoms with E-state index >= 15 is 0 Å². The van der Waals surface area contributed by atoms with E-state index in [1.54, 1.807) is 30.3 Å². The Morgan fingerprint density at radius 2 is 1.79 bits per heavy atom. The summed E-state index contributed by atoms with van der Waals surface area (Å²) in [6, 6.07) is 16.6. The number of rotatable bonds is 7. The van der Waals surface area contributed by atoms with Crippen LogP contribution in [0.3, 0.4) is 0 Å². The topological polar surface area (TPSA) is 111 Å². The average molecular weight is 463 g/mol. The van der Waals surface area contributed by atoms with Gasteiger partial charge in [-0.15, -0.1) is 0 Å². The SMILES string of the molecule is COc1cc(/C=C2/C(=O)NN(c3ccccc3)C2=O)cc([N+](=O)[O-])c1OCc1ccc(F)cc1. The fraction of sp³-hybridized carbons (Fsp3) is 0.0833. The molecule has 1 N–H and O–H groups in total. The number of hydrazine groups is 1. The van der Waals surface area contributed by atoms with Gasteiger partial charge in [0.05, 0.1) is 17.7 Å². The summed E-state index contributed by atoms with van der Waals surface area (Å²) >= 11 is 0. The first-order valence-electron chi connectivity index (χ1n) is 10.0. The molecule has 0 aliphatic carbocycles. The van der Waals surface area contributed by atoms with E-state index in [-0.39, 0.29) is 29.2 Å². The van der Waals surface area contributed by atoms with Crippen molar-refractivity contribution in [1.82, 2.24) is 5.43 Å². The maximum absolute atomic E-state index is 13.1. The van der Waals surface area contributed by atoms with E-state index in [0.29, 0.717) is 11.3 Å². The summed E-state index contributed by atoms with van der Waals surface area (Å²) in [6.45, 7) is -0.0646. The molecule has 2 amide bonds. The molecule has 1 heterocycles. The van der Waals surface area contributed by atoms with E-state index in [9.17, 15) is 24.1 Å². The Kier molecular flexibility index (Phi) is 6.22. The van der Waals surface area contributed by atoms with Crippen molar-refractivity contribution in [3.8, 4) is 11.5 Å². The van der Waals surface area contributed by atoms with Gasteiger partial charge < -0.3 is 9.47 Å². The van der Waals surface area contributed by atoms with Crippen molar-refractivity contribution in [3.05, 3.63) is 99.4 Å². The molecule has 0 aromatic heterocycles. The van der Waals surface area contributed by atoms with Crippen molar-refractivity contribution in [2.45, 2.75) is 6.61 Å². The van der Waals surface area contributed by atoms with Crippen LogP contribution in [-0.2, 0) is 16.2 Å². The summed E-state index contributed by atoms with van der Waals surface area (Å²) in [5.41, 5.74) is 3.12. The van der Waals surface area contributed by atoms with Crippen molar-refractivity contribution in [2.24, 2.45) is 0 Å². The summed E-state index contributed by atoms with van der Waals surface area (Å²) in [7, 11) is 1.31. The Bertz CT molecular complexity index is 1290. The number of anilines is 1. The molecule has 0 saturated carbocycles. The van der Waals surface area contributed by atoms with E-state index in [2.05, 4.69) is 5.43 Å². The number of ether oxygens (including phenoxy) is 2. The largest absolute Gasteiger partial charge is 0.493 e. The van der Waals surface area contributed by atoms with E-state index in [4.69, 9.17) is 9.47 Å². The van der Waals surface area contributed by atoms with Gasteiger partial charge in [-0.05, 0) is 47.5 Å². The first-order valence-corrected chi connectivity index (χ1v) is 10.0. The van der Waals surface area contributed by atoms with Crippen molar-refractivity contribution < 1.29 is 28.4 Å². The van der Waals surface area contributed by atoms with Crippen LogP contribution in [0.1, 0.15) is 11.1 Å². The molecule has 0 radical (unpaired) electrons. The Labute approximate surface area is 193 Å². The molecule has 172 valence electrons. The predicted molar refractivity (Wildman–Crippen MR) is 120 cm³/mol. The number of nitrogens with zero attached hydrogens (tertiary/aromatic N) is 2. The maximum Gasteiger partial charge on any atom is 0.315 e. The van der Waals surface area contributed by atoms with Gasteiger partial charge in [-0.1, -0.05) is 30.3 Å². The molecule has 1 fully saturated rings. The Hall–Kier alpha value is -4.73. The lowest BCUT2D eigenvalue weighted by atomic mass is 10.1. The smallest absolute Gasteiger partial charge is 0.315 e. The number of hydrogen-bond donors (Lipinski definition) is 1. The Balaban J connectivity index is 1.66. The molecule has 1 aliphatic rings. The third kappa shape index (κ3) is 4.56. The molecule has 9 nitrogen and oxygen atoms in total. The molecule has 0 spiro atoms. The van der Waals surface area contributed by atoms with Crippen LogP contribution in [0.2, 0.25) is 0 Å². The number of methoxy groups -OCH3 is 1. The fourth-order valence-electron chi connectivity index (χ4n) is 3.34. The monoisotopic (exact) mass is 463 g/mol. The zero-order valence-corrected chi connectivity index (χ0v) is 17.9. The third-order valence-corrected chi connectivity index (χ3v) is 4.99. The molecule has 3 aromatic carbocycles. The second-order valence-corrected chi connectivity index (χ2v) is 7.22. The van der Waals surface area contributed by atoms with Crippen molar-refractivity contribution in [3.63, 3.8) is 0 Å². The summed E-state index contributed by atoms with van der Waals surface area (Å²) < 4.78 is 24.0. The van der Waals surface area contributed by atoms with Crippen LogP contribution in [0.4, 0.5) is 15.8 Å². The number of nitro groups is 1. The second-order valence-electron chi connectivity index (χ2n) is 7.22. The third-order valence-electron chi connectivity index (χ3n) is 4.99. The molecule has 0 unspecified atom stereocenters. The number of carbonyl (C=O) groups is 2. The normalized spacial score (nSPS) is 14.3. The first kappa shape index (κ1) is 22.5. The Morgan fingerprint density at radius 3 is 2.44 bits per heavy atom. The zero-order valence-electron chi connectivity index (χ0n) is 17.9. The second kappa shape index (κ2) is 9.41. The molecule has 1 saturated heterocycles. The highest BCUT2D eigenvalue weighted by molar-refractivity contribution is 6.31. The minimum atomic E-state index is -0.655. The minimum absolute atomic E-state index is 0.0360. The number of nitrogens with one attached hydrogen (secondary N) is 1. The van der Waals surface area contributed by atoms with Gasteiger partial charge in [-0.3, -0.25) is 25.1 Å². The highest BCUT2D eigenvalue weighted by atomic mass is 19.1. The maximum atomic E-state index is 13.1. The molecule has 3 aromatic rings. The van der Waals surface area contributed by atoms with Crippen LogP contribution < -0.4 is 19.9 Å². The molecule has 34 heavy (non-hydrogen) atoms. The zero-order chi connectivity index (χ0) is 24.2. The summed E-state index contributed by atoms with van der Waals surface area (Å²) in [5.74, 6) is -1.76. The lowest BCUT2D eigenvalue weighted by molar-refractivity contribution is -0.386. The van der Waals surface area contributed by atoms with E-state index in [0.717, 1.165) is 5.01 Å². The highest BCUT2D eigenvalue weighted by Gasteiger charge is 2.34. The van der Waals surface area contributed by atoms with Gasteiger partial charge in [0.1, 0.15) is 18.0 Å². The molecule has 0 atom stereocenters. The van der Waals surface area contributed by atoms with E-state index in [1.165, 1.54) is 49.6 Å². The summed E-state index contributed by atoms with van der Waals surface area (Å²) in [4.78, 5) is 36.3. The number of halogens is 1. The van der Waals surface area contributed by atoms with Crippen LogP contribution in [0.25, 0.3) is 6.08 Å². The lowest BCUT2D eigenvalue weighted by Gasteiger charge is -2.14. The number of carbonyl (C=O) groups excluding carboxylic acids is 2. The molecular formula is C24H18FN3O6. The van der Waals surface area contributed by atoms with Gasteiger partial charge in [-0.2, -0.15) is 0 Å². The number of hydrogen-bond acceptors (Lipinski definition) is 6. The van der Waals surface area contributed by atoms with Crippen LogP contribution in [0, 0.1) is 15.9 Å². The van der Waals surface area contributed by atoms with Crippen LogP contribution >= 0.6 is 0 Å². The van der Waals surface area contributed by atoms with Crippen LogP contribution in [0.15, 0.2) is 72.3 Å². The number of amides is 2. The van der Waals surface area contributed by atoms with Gasteiger partial charge in [0.25, 0.3) is 11.8 Å².